The normalized spacial score (nSPS) is 22.9. The summed E-state index contributed by atoms with van der Waals surface area (Å²) in [7, 11) is -3.62. The molecule has 2 aliphatic rings. The third-order valence-electron chi connectivity index (χ3n) is 6.86. The van der Waals surface area contributed by atoms with Gasteiger partial charge in [-0.1, -0.05) is 25.0 Å². The molecule has 188 valence electrons. The lowest BCUT2D eigenvalue weighted by molar-refractivity contribution is -0.133. The van der Waals surface area contributed by atoms with Crippen LogP contribution in [0.15, 0.2) is 53.7 Å². The molecule has 0 radical (unpaired) electrons. The topological polar surface area (TPSA) is 126 Å². The Balaban J connectivity index is 1.43. The molecule has 0 unspecified atom stereocenters. The minimum Gasteiger partial charge on any atom is -0.368 e. The van der Waals surface area contributed by atoms with Crippen LogP contribution in [0.1, 0.15) is 37.3 Å². The van der Waals surface area contributed by atoms with Crippen LogP contribution in [-0.2, 0) is 19.6 Å². The fourth-order valence-corrected chi connectivity index (χ4v) is 6.39. The van der Waals surface area contributed by atoms with Crippen LogP contribution in [0.2, 0.25) is 0 Å². The van der Waals surface area contributed by atoms with Gasteiger partial charge in [0.2, 0.25) is 21.8 Å². The van der Waals surface area contributed by atoms with Crippen LogP contribution in [0.25, 0.3) is 0 Å². The van der Waals surface area contributed by atoms with Crippen molar-refractivity contribution in [2.75, 3.05) is 26.2 Å². The molecule has 11 heteroatoms. The molecule has 3 N–H and O–H groups in total. The molecule has 2 heterocycles. The van der Waals surface area contributed by atoms with Gasteiger partial charge in [-0.25, -0.2) is 12.8 Å². The summed E-state index contributed by atoms with van der Waals surface area (Å²) < 4.78 is 40.6. The highest BCUT2D eigenvalue weighted by atomic mass is 32.2. The highest BCUT2D eigenvalue weighted by Gasteiger charge is 2.39. The molecule has 9 nitrogen and oxygen atoms in total. The third kappa shape index (κ3) is 5.68. The number of piperazine rings is 1. The number of hydrogen-bond acceptors (Lipinski definition) is 6. The predicted molar refractivity (Wildman–Crippen MR) is 127 cm³/mol. The second-order valence-electron chi connectivity index (χ2n) is 8.98. The molecule has 1 aliphatic heterocycles. The lowest BCUT2D eigenvalue weighted by Crippen LogP contribution is -2.56. The van der Waals surface area contributed by atoms with Crippen LogP contribution in [0.4, 0.5) is 4.39 Å². The Labute approximate surface area is 204 Å². The summed E-state index contributed by atoms with van der Waals surface area (Å²) in [6.07, 6.45) is 6.22. The Kier molecular flexibility index (Phi) is 7.78. The fraction of sp³-hybridized carbons (Fsp3) is 0.458. The van der Waals surface area contributed by atoms with Crippen molar-refractivity contribution in [2.45, 2.75) is 42.7 Å². The first-order valence-corrected chi connectivity index (χ1v) is 13.2. The summed E-state index contributed by atoms with van der Waals surface area (Å²) in [6, 6.07) is 7.34. The first kappa shape index (κ1) is 25.2. The summed E-state index contributed by atoms with van der Waals surface area (Å²) in [5.74, 6) is -1.78. The van der Waals surface area contributed by atoms with Crippen molar-refractivity contribution in [1.82, 2.24) is 19.5 Å². The zero-order chi connectivity index (χ0) is 25.0. The van der Waals surface area contributed by atoms with Crippen LogP contribution in [0.3, 0.4) is 0 Å². The molecule has 3 atom stereocenters. The maximum atomic E-state index is 13.3. The number of benzene rings is 1. The number of carbonyl (C=O) groups excluding carboxylic acids is 2. The fourth-order valence-electron chi connectivity index (χ4n) is 5.00. The van der Waals surface area contributed by atoms with E-state index in [1.165, 1.54) is 47.0 Å². The van der Waals surface area contributed by atoms with Crippen molar-refractivity contribution in [3.63, 3.8) is 0 Å². The van der Waals surface area contributed by atoms with E-state index in [4.69, 9.17) is 5.73 Å². The Hall–Kier alpha value is -2.89. The number of primary amides is 1. The summed E-state index contributed by atoms with van der Waals surface area (Å²) in [4.78, 5) is 31.6. The SMILES string of the molecule is NC(=O)[C@@H](NC(=O)[C@H]1CCCC[C@@H]1N1CCN(S(=O)(=O)c2cccnc2)CC1)c1ccc(F)cc1. The molecule has 1 aliphatic carbocycles. The van der Waals surface area contributed by atoms with Crippen molar-refractivity contribution < 1.29 is 22.4 Å². The monoisotopic (exact) mass is 503 g/mol. The second kappa shape index (κ2) is 10.8. The van der Waals surface area contributed by atoms with E-state index in [0.717, 1.165) is 19.3 Å². The largest absolute Gasteiger partial charge is 0.368 e. The number of nitrogens with two attached hydrogens (primary N) is 1. The van der Waals surface area contributed by atoms with Gasteiger partial charge in [-0.05, 0) is 42.7 Å². The van der Waals surface area contributed by atoms with E-state index < -0.39 is 27.8 Å². The van der Waals surface area contributed by atoms with E-state index >= 15 is 0 Å². The molecule has 1 aromatic carbocycles. The molecule has 1 saturated heterocycles. The van der Waals surface area contributed by atoms with Gasteiger partial charge in [-0.15, -0.1) is 0 Å². The zero-order valence-corrected chi connectivity index (χ0v) is 20.2. The van der Waals surface area contributed by atoms with E-state index in [2.05, 4.69) is 15.2 Å². The van der Waals surface area contributed by atoms with Gasteiger partial charge in [0.05, 0.1) is 5.92 Å². The summed E-state index contributed by atoms with van der Waals surface area (Å²) in [6.45, 7) is 1.65. The van der Waals surface area contributed by atoms with Crippen LogP contribution < -0.4 is 11.1 Å². The van der Waals surface area contributed by atoms with Crippen LogP contribution in [0.5, 0.6) is 0 Å². The molecular weight excluding hydrogens is 473 g/mol. The van der Waals surface area contributed by atoms with Gasteiger partial charge in [0.1, 0.15) is 16.8 Å². The van der Waals surface area contributed by atoms with Gasteiger partial charge in [0.25, 0.3) is 0 Å². The minimum absolute atomic E-state index is 0.0614. The Morgan fingerprint density at radius 1 is 1.06 bits per heavy atom. The molecule has 2 fully saturated rings. The summed E-state index contributed by atoms with van der Waals surface area (Å²) in [5, 5.41) is 2.77. The number of nitrogens with one attached hydrogen (secondary N) is 1. The lowest BCUT2D eigenvalue weighted by Gasteiger charge is -2.43. The van der Waals surface area contributed by atoms with Gasteiger partial charge in [0.15, 0.2) is 0 Å². The van der Waals surface area contributed by atoms with Crippen LogP contribution >= 0.6 is 0 Å². The number of nitrogens with zero attached hydrogens (tertiary/aromatic N) is 3. The Morgan fingerprint density at radius 3 is 2.37 bits per heavy atom. The van der Waals surface area contributed by atoms with E-state index in [1.54, 1.807) is 6.07 Å². The standard InChI is InChI=1S/C24H30FN5O4S/c25-18-9-7-17(8-10-18)22(23(26)31)28-24(32)20-5-1-2-6-21(20)29-12-14-30(15-13-29)35(33,34)19-4-3-11-27-16-19/h3-4,7-11,16,20-22H,1-2,5-6,12-15H2,(H2,26,31)(H,28,32)/t20-,21-,22-/m0/s1. The zero-order valence-electron chi connectivity index (χ0n) is 19.3. The first-order chi connectivity index (χ1) is 16.8. The van der Waals surface area contributed by atoms with Crippen molar-refractivity contribution in [3.8, 4) is 0 Å². The maximum Gasteiger partial charge on any atom is 0.244 e. The van der Waals surface area contributed by atoms with E-state index in [0.29, 0.717) is 38.2 Å². The molecular formula is C24H30FN5O4S. The molecule has 4 rings (SSSR count). The second-order valence-corrected chi connectivity index (χ2v) is 10.9. The molecule has 1 saturated carbocycles. The van der Waals surface area contributed by atoms with Gasteiger partial charge in [-0.3, -0.25) is 19.5 Å². The van der Waals surface area contributed by atoms with Crippen molar-refractivity contribution in [2.24, 2.45) is 11.7 Å². The van der Waals surface area contributed by atoms with E-state index in [-0.39, 0.29) is 22.8 Å². The Morgan fingerprint density at radius 2 is 1.74 bits per heavy atom. The van der Waals surface area contributed by atoms with Crippen molar-refractivity contribution in [1.29, 1.82) is 0 Å². The number of hydrogen-bond donors (Lipinski definition) is 2. The summed E-state index contributed by atoms with van der Waals surface area (Å²) in [5.41, 5.74) is 5.97. The number of carbonyl (C=O) groups is 2. The third-order valence-corrected chi connectivity index (χ3v) is 8.74. The lowest BCUT2D eigenvalue weighted by atomic mass is 9.82. The van der Waals surface area contributed by atoms with Gasteiger partial charge in [-0.2, -0.15) is 4.31 Å². The molecule has 35 heavy (non-hydrogen) atoms. The molecule has 1 aromatic heterocycles. The number of aromatic nitrogens is 1. The van der Waals surface area contributed by atoms with Gasteiger partial charge < -0.3 is 11.1 Å². The first-order valence-electron chi connectivity index (χ1n) is 11.8. The Bertz CT molecular complexity index is 1140. The van der Waals surface area contributed by atoms with E-state index in [1.807, 2.05) is 0 Å². The highest BCUT2D eigenvalue weighted by Crippen LogP contribution is 2.31. The van der Waals surface area contributed by atoms with Gasteiger partial charge >= 0.3 is 0 Å². The van der Waals surface area contributed by atoms with E-state index in [9.17, 15) is 22.4 Å². The number of halogens is 1. The van der Waals surface area contributed by atoms with Gasteiger partial charge in [0, 0.05) is 44.6 Å². The van der Waals surface area contributed by atoms with Crippen LogP contribution in [-0.4, -0.2) is 66.6 Å². The average molecular weight is 504 g/mol. The van der Waals surface area contributed by atoms with Crippen LogP contribution in [0, 0.1) is 11.7 Å². The molecule has 0 bridgehead atoms. The molecule has 2 aromatic rings. The smallest absolute Gasteiger partial charge is 0.244 e. The minimum atomic E-state index is -3.62. The quantitative estimate of drug-likeness (QED) is 0.589. The predicted octanol–water partition coefficient (Wildman–Crippen LogP) is 1.43. The molecule has 2 amide bonds. The number of rotatable bonds is 7. The number of pyridine rings is 1. The van der Waals surface area contributed by atoms with Crippen molar-refractivity contribution in [3.05, 3.63) is 60.2 Å². The van der Waals surface area contributed by atoms with Crippen molar-refractivity contribution >= 4 is 21.8 Å². The highest BCUT2D eigenvalue weighted by molar-refractivity contribution is 7.89. The summed E-state index contributed by atoms with van der Waals surface area (Å²) >= 11 is 0. The number of amides is 2. The molecule has 0 spiro atoms. The average Bonchev–Trinajstić information content (AvgIpc) is 2.88. The maximum absolute atomic E-state index is 13.3. The number of sulfonamides is 1.